The molecule has 1 saturated carbocycles. The van der Waals surface area contributed by atoms with Gasteiger partial charge in [-0.05, 0) is 65.9 Å². The summed E-state index contributed by atoms with van der Waals surface area (Å²) in [5.41, 5.74) is 6.40. The molecule has 1 unspecified atom stereocenters. The number of nitrogens with zero attached hydrogens (tertiary/aromatic N) is 3. The Morgan fingerprint density at radius 1 is 1.22 bits per heavy atom. The fraction of sp³-hybridized carbons (Fsp3) is 0.238. The Labute approximate surface area is 207 Å². The predicted molar refractivity (Wildman–Crippen MR) is 128 cm³/mol. The largest absolute Gasteiger partial charge is 0.364 e. The van der Waals surface area contributed by atoms with E-state index in [9.17, 15) is 9.59 Å². The molecule has 3 N–H and O–H groups in total. The molecule has 0 bridgehead atoms. The summed E-state index contributed by atoms with van der Waals surface area (Å²) in [5.74, 6) is -0.522. The smallest absolute Gasteiger partial charge is 0.268 e. The van der Waals surface area contributed by atoms with Crippen molar-refractivity contribution in [1.82, 2.24) is 20.1 Å². The highest BCUT2D eigenvalue weighted by Crippen LogP contribution is 2.41. The van der Waals surface area contributed by atoms with E-state index in [1.165, 1.54) is 23.0 Å². The Kier molecular flexibility index (Phi) is 6.49. The van der Waals surface area contributed by atoms with Gasteiger partial charge in [-0.1, -0.05) is 34.8 Å². The number of primary amides is 1. The van der Waals surface area contributed by atoms with Gasteiger partial charge < -0.3 is 11.1 Å². The van der Waals surface area contributed by atoms with Crippen LogP contribution in [0.25, 0.3) is 16.9 Å². The molecule has 1 atom stereocenters. The Bertz CT molecular complexity index is 1240. The van der Waals surface area contributed by atoms with Gasteiger partial charge in [-0.15, -0.1) is 0 Å². The number of benzene rings is 1. The SMILES string of the molecule is CC(NC(=O)c1cc(Cl)cc(Cl)c1-c1c(Br)nn(-c2ncccc2Cl)c1C(N)=O)C1CC1. The van der Waals surface area contributed by atoms with Gasteiger partial charge in [-0.25, -0.2) is 9.67 Å². The zero-order valence-corrected chi connectivity index (χ0v) is 20.6. The van der Waals surface area contributed by atoms with Gasteiger partial charge in [0.1, 0.15) is 10.3 Å². The topological polar surface area (TPSA) is 103 Å². The average Bonchev–Trinajstić information content (AvgIpc) is 3.51. The summed E-state index contributed by atoms with van der Waals surface area (Å²) >= 11 is 22.4. The monoisotopic (exact) mass is 555 g/mol. The molecule has 1 fully saturated rings. The number of nitrogens with two attached hydrogens (primary N) is 1. The third-order valence-corrected chi connectivity index (χ3v) is 6.62. The van der Waals surface area contributed by atoms with E-state index in [-0.39, 0.29) is 59.8 Å². The van der Waals surface area contributed by atoms with Gasteiger partial charge in [0.2, 0.25) is 0 Å². The van der Waals surface area contributed by atoms with Crippen molar-refractivity contribution in [2.24, 2.45) is 11.7 Å². The number of carbonyl (C=O) groups is 2. The van der Waals surface area contributed by atoms with Crippen LogP contribution in [-0.4, -0.2) is 32.6 Å². The van der Waals surface area contributed by atoms with E-state index in [1.54, 1.807) is 12.1 Å². The number of nitrogens with one attached hydrogen (secondary N) is 1. The molecular formula is C21H17BrCl3N5O2. The number of halogens is 4. The first kappa shape index (κ1) is 23.0. The molecule has 1 aromatic carbocycles. The van der Waals surface area contributed by atoms with Gasteiger partial charge in [-0.3, -0.25) is 9.59 Å². The molecule has 3 aromatic rings. The molecule has 4 rings (SSSR count). The number of hydrogen-bond donors (Lipinski definition) is 2. The van der Waals surface area contributed by atoms with Gasteiger partial charge in [0.15, 0.2) is 5.82 Å². The van der Waals surface area contributed by atoms with Crippen molar-refractivity contribution in [3.8, 4) is 16.9 Å². The minimum atomic E-state index is -0.802. The second kappa shape index (κ2) is 9.02. The van der Waals surface area contributed by atoms with E-state index in [4.69, 9.17) is 40.5 Å². The van der Waals surface area contributed by atoms with Crippen LogP contribution < -0.4 is 11.1 Å². The average molecular weight is 558 g/mol. The van der Waals surface area contributed by atoms with Crippen molar-refractivity contribution in [3.63, 3.8) is 0 Å². The molecule has 2 heterocycles. The zero-order chi connectivity index (χ0) is 23.2. The van der Waals surface area contributed by atoms with Crippen molar-refractivity contribution in [2.75, 3.05) is 0 Å². The molecule has 0 radical (unpaired) electrons. The molecule has 1 aliphatic carbocycles. The third kappa shape index (κ3) is 4.37. The summed E-state index contributed by atoms with van der Waals surface area (Å²) in [6, 6.07) is 6.23. The summed E-state index contributed by atoms with van der Waals surface area (Å²) < 4.78 is 1.46. The van der Waals surface area contributed by atoms with Gasteiger partial charge in [0.05, 0.1) is 21.2 Å². The van der Waals surface area contributed by atoms with Gasteiger partial charge >= 0.3 is 0 Å². The molecule has 32 heavy (non-hydrogen) atoms. The number of aromatic nitrogens is 3. The third-order valence-electron chi connectivity index (χ3n) is 5.25. The van der Waals surface area contributed by atoms with Gasteiger partial charge in [0.25, 0.3) is 11.8 Å². The standard InChI is InChI=1S/C21H17BrCl3N5O2/c1-9(10-4-5-10)28-21(32)12-7-11(23)8-14(25)15(12)16-17(19(26)31)30(29-18(16)22)20-13(24)3-2-6-27-20/h2-3,6-10H,4-5H2,1H3,(H2,26,31)(H,28,32). The van der Waals surface area contributed by atoms with Gasteiger partial charge in [0, 0.05) is 22.8 Å². The first-order valence-corrected chi connectivity index (χ1v) is 11.6. The summed E-state index contributed by atoms with van der Waals surface area (Å²) in [4.78, 5) is 29.9. The Balaban J connectivity index is 1.93. The Hall–Kier alpha value is -2.13. The quantitative estimate of drug-likeness (QED) is 0.430. The summed E-state index contributed by atoms with van der Waals surface area (Å²) in [7, 11) is 0. The highest BCUT2D eigenvalue weighted by atomic mass is 79.9. The van der Waals surface area contributed by atoms with Crippen molar-refractivity contribution in [3.05, 3.63) is 61.4 Å². The molecule has 0 spiro atoms. The van der Waals surface area contributed by atoms with Crippen LogP contribution in [0.2, 0.25) is 15.1 Å². The lowest BCUT2D eigenvalue weighted by Gasteiger charge is -2.17. The summed E-state index contributed by atoms with van der Waals surface area (Å²) in [6.07, 6.45) is 3.65. The van der Waals surface area contributed by atoms with Crippen LogP contribution in [0.1, 0.15) is 40.6 Å². The van der Waals surface area contributed by atoms with Crippen LogP contribution in [0.4, 0.5) is 0 Å². The Morgan fingerprint density at radius 2 is 1.94 bits per heavy atom. The molecule has 0 aliphatic heterocycles. The number of hydrogen-bond acceptors (Lipinski definition) is 4. The maximum Gasteiger partial charge on any atom is 0.268 e. The van der Waals surface area contributed by atoms with Crippen molar-refractivity contribution < 1.29 is 9.59 Å². The van der Waals surface area contributed by atoms with E-state index >= 15 is 0 Å². The predicted octanol–water partition coefficient (Wildman–Crippen LogP) is 5.28. The van der Waals surface area contributed by atoms with E-state index in [2.05, 4.69) is 31.3 Å². The number of carbonyl (C=O) groups excluding carboxylic acids is 2. The van der Waals surface area contributed by atoms with Crippen LogP contribution in [0.5, 0.6) is 0 Å². The lowest BCUT2D eigenvalue weighted by atomic mass is 9.98. The number of amides is 2. The zero-order valence-electron chi connectivity index (χ0n) is 16.7. The first-order valence-electron chi connectivity index (χ1n) is 9.68. The lowest BCUT2D eigenvalue weighted by molar-refractivity contribution is 0.0934. The minimum Gasteiger partial charge on any atom is -0.364 e. The maximum atomic E-state index is 13.2. The first-order chi connectivity index (χ1) is 15.2. The molecule has 1 aliphatic rings. The van der Waals surface area contributed by atoms with E-state index < -0.39 is 5.91 Å². The fourth-order valence-corrected chi connectivity index (χ4v) is 4.87. The normalized spacial score (nSPS) is 14.3. The van der Waals surface area contributed by atoms with Crippen LogP contribution in [-0.2, 0) is 0 Å². The lowest BCUT2D eigenvalue weighted by Crippen LogP contribution is -2.34. The minimum absolute atomic E-state index is 0.0118. The Morgan fingerprint density at radius 3 is 2.56 bits per heavy atom. The van der Waals surface area contributed by atoms with E-state index in [0.717, 1.165) is 12.8 Å². The molecule has 166 valence electrons. The maximum absolute atomic E-state index is 13.2. The summed E-state index contributed by atoms with van der Waals surface area (Å²) in [5, 5.41) is 8.06. The highest BCUT2D eigenvalue weighted by molar-refractivity contribution is 9.10. The van der Waals surface area contributed by atoms with Crippen LogP contribution in [0, 0.1) is 5.92 Å². The second-order valence-corrected chi connectivity index (χ2v) is 9.51. The van der Waals surface area contributed by atoms with E-state index in [0.29, 0.717) is 5.92 Å². The second-order valence-electron chi connectivity index (χ2n) is 7.51. The number of rotatable bonds is 6. The van der Waals surface area contributed by atoms with Gasteiger partial charge in [-0.2, -0.15) is 5.10 Å². The highest BCUT2D eigenvalue weighted by Gasteiger charge is 2.32. The molecule has 0 saturated heterocycles. The molecule has 11 heteroatoms. The van der Waals surface area contributed by atoms with Crippen molar-refractivity contribution in [1.29, 1.82) is 0 Å². The van der Waals surface area contributed by atoms with E-state index in [1.807, 2.05) is 6.92 Å². The molecule has 2 amide bonds. The number of pyridine rings is 1. The van der Waals surface area contributed by atoms with Crippen LogP contribution >= 0.6 is 50.7 Å². The summed E-state index contributed by atoms with van der Waals surface area (Å²) in [6.45, 7) is 1.95. The van der Waals surface area contributed by atoms with Crippen LogP contribution in [0.3, 0.4) is 0 Å². The molecule has 2 aromatic heterocycles. The fourth-order valence-electron chi connectivity index (χ4n) is 3.53. The molecular weight excluding hydrogens is 541 g/mol. The van der Waals surface area contributed by atoms with Crippen molar-refractivity contribution >= 4 is 62.5 Å². The molecule has 7 nitrogen and oxygen atoms in total. The van der Waals surface area contributed by atoms with Crippen molar-refractivity contribution in [2.45, 2.75) is 25.8 Å². The van der Waals surface area contributed by atoms with Crippen LogP contribution in [0.15, 0.2) is 35.1 Å².